The standard InChI is InChI=1S/C9H20N2OS/c1-3-13-6-4-5-11-8(2)7-9(10)12/h8,11H,3-7H2,1-2H3,(H2,10,12). The van der Waals surface area contributed by atoms with E-state index in [0.29, 0.717) is 6.42 Å². The van der Waals surface area contributed by atoms with E-state index in [2.05, 4.69) is 12.2 Å². The molecule has 1 atom stereocenters. The minimum absolute atomic E-state index is 0.212. The maximum Gasteiger partial charge on any atom is 0.218 e. The first-order valence-corrected chi connectivity index (χ1v) is 5.91. The Labute approximate surface area is 84.8 Å². The lowest BCUT2D eigenvalue weighted by molar-refractivity contribution is -0.118. The summed E-state index contributed by atoms with van der Waals surface area (Å²) in [5, 5.41) is 3.26. The largest absolute Gasteiger partial charge is 0.370 e. The number of nitrogens with one attached hydrogen (secondary N) is 1. The van der Waals surface area contributed by atoms with Crippen molar-refractivity contribution < 1.29 is 4.79 Å². The third kappa shape index (κ3) is 9.70. The van der Waals surface area contributed by atoms with Gasteiger partial charge >= 0.3 is 0 Å². The molecule has 0 aromatic heterocycles. The van der Waals surface area contributed by atoms with Crippen LogP contribution < -0.4 is 11.1 Å². The van der Waals surface area contributed by atoms with E-state index in [9.17, 15) is 4.79 Å². The first-order valence-electron chi connectivity index (χ1n) is 4.76. The van der Waals surface area contributed by atoms with Gasteiger partial charge in [0.05, 0.1) is 0 Å². The van der Waals surface area contributed by atoms with E-state index in [-0.39, 0.29) is 11.9 Å². The molecule has 0 aliphatic heterocycles. The zero-order valence-corrected chi connectivity index (χ0v) is 9.32. The molecule has 3 N–H and O–H groups in total. The van der Waals surface area contributed by atoms with Crippen LogP contribution in [0.5, 0.6) is 0 Å². The second-order valence-corrected chi connectivity index (χ2v) is 4.47. The molecule has 1 amide bonds. The first-order chi connectivity index (χ1) is 6.16. The number of hydrogen-bond acceptors (Lipinski definition) is 3. The van der Waals surface area contributed by atoms with E-state index in [1.54, 1.807) is 0 Å². The fourth-order valence-electron chi connectivity index (χ4n) is 1.04. The van der Waals surface area contributed by atoms with Gasteiger partial charge in [0.25, 0.3) is 0 Å². The Balaban J connectivity index is 3.17. The maximum atomic E-state index is 10.5. The van der Waals surface area contributed by atoms with Crippen molar-refractivity contribution in [1.82, 2.24) is 5.32 Å². The molecule has 0 radical (unpaired) electrons. The van der Waals surface area contributed by atoms with E-state index < -0.39 is 0 Å². The Kier molecular flexibility index (Phi) is 8.24. The molecule has 0 saturated carbocycles. The summed E-state index contributed by atoms with van der Waals surface area (Å²) in [6.45, 7) is 5.12. The predicted molar refractivity (Wildman–Crippen MR) is 58.9 cm³/mol. The van der Waals surface area contributed by atoms with Crippen molar-refractivity contribution in [3.05, 3.63) is 0 Å². The average molecular weight is 204 g/mol. The van der Waals surface area contributed by atoms with Gasteiger partial charge in [0.1, 0.15) is 0 Å². The smallest absolute Gasteiger partial charge is 0.218 e. The number of thioether (sulfide) groups is 1. The van der Waals surface area contributed by atoms with Gasteiger partial charge in [0, 0.05) is 12.5 Å². The van der Waals surface area contributed by atoms with Crippen LogP contribution in [0.2, 0.25) is 0 Å². The molecule has 13 heavy (non-hydrogen) atoms. The van der Waals surface area contributed by atoms with Gasteiger partial charge in [-0.3, -0.25) is 4.79 Å². The summed E-state index contributed by atoms with van der Waals surface area (Å²) in [4.78, 5) is 10.5. The minimum Gasteiger partial charge on any atom is -0.370 e. The van der Waals surface area contributed by atoms with Gasteiger partial charge in [-0.1, -0.05) is 6.92 Å². The highest BCUT2D eigenvalue weighted by molar-refractivity contribution is 7.99. The molecular weight excluding hydrogens is 184 g/mol. The number of rotatable bonds is 8. The average Bonchev–Trinajstić information content (AvgIpc) is 2.02. The summed E-state index contributed by atoms with van der Waals surface area (Å²) in [6.07, 6.45) is 1.59. The monoisotopic (exact) mass is 204 g/mol. The Morgan fingerprint density at radius 3 is 2.85 bits per heavy atom. The fraction of sp³-hybridized carbons (Fsp3) is 0.889. The number of primary amides is 1. The van der Waals surface area contributed by atoms with Crippen molar-refractivity contribution in [2.75, 3.05) is 18.1 Å². The van der Waals surface area contributed by atoms with Crippen molar-refractivity contribution in [3.8, 4) is 0 Å². The van der Waals surface area contributed by atoms with Gasteiger partial charge in [0.15, 0.2) is 0 Å². The Morgan fingerprint density at radius 2 is 2.31 bits per heavy atom. The maximum absolute atomic E-state index is 10.5. The van der Waals surface area contributed by atoms with E-state index in [1.807, 2.05) is 18.7 Å². The molecule has 0 aromatic rings. The minimum atomic E-state index is -0.233. The van der Waals surface area contributed by atoms with Gasteiger partial charge < -0.3 is 11.1 Å². The molecule has 0 spiro atoms. The molecule has 0 bridgehead atoms. The summed E-state index contributed by atoms with van der Waals surface area (Å²) in [7, 11) is 0. The summed E-state index contributed by atoms with van der Waals surface area (Å²) < 4.78 is 0. The summed E-state index contributed by atoms with van der Waals surface area (Å²) >= 11 is 1.94. The van der Waals surface area contributed by atoms with Crippen molar-refractivity contribution in [1.29, 1.82) is 0 Å². The summed E-state index contributed by atoms with van der Waals surface area (Å²) in [5.41, 5.74) is 5.06. The van der Waals surface area contributed by atoms with E-state index in [0.717, 1.165) is 13.0 Å². The van der Waals surface area contributed by atoms with Crippen molar-refractivity contribution in [2.45, 2.75) is 32.7 Å². The molecule has 0 rings (SSSR count). The molecular formula is C9H20N2OS. The molecule has 3 nitrogen and oxygen atoms in total. The number of hydrogen-bond donors (Lipinski definition) is 2. The SMILES string of the molecule is CCSCCCNC(C)CC(N)=O. The second-order valence-electron chi connectivity index (χ2n) is 3.08. The fourth-order valence-corrected chi connectivity index (χ4v) is 1.68. The molecule has 1 unspecified atom stereocenters. The highest BCUT2D eigenvalue weighted by Gasteiger charge is 2.03. The van der Waals surface area contributed by atoms with Gasteiger partial charge in [-0.25, -0.2) is 0 Å². The van der Waals surface area contributed by atoms with Crippen LogP contribution in [0, 0.1) is 0 Å². The molecule has 0 saturated heterocycles. The van der Waals surface area contributed by atoms with Crippen molar-refractivity contribution in [2.24, 2.45) is 5.73 Å². The summed E-state index contributed by atoms with van der Waals surface area (Å²) in [5.74, 6) is 2.13. The van der Waals surface area contributed by atoms with Gasteiger partial charge in [-0.2, -0.15) is 11.8 Å². The van der Waals surface area contributed by atoms with Crippen molar-refractivity contribution >= 4 is 17.7 Å². The van der Waals surface area contributed by atoms with Crippen LogP contribution in [0.3, 0.4) is 0 Å². The van der Waals surface area contributed by atoms with E-state index in [4.69, 9.17) is 5.73 Å². The van der Waals surface area contributed by atoms with Crippen LogP contribution >= 0.6 is 11.8 Å². The first kappa shape index (κ1) is 12.8. The van der Waals surface area contributed by atoms with Gasteiger partial charge in [0.2, 0.25) is 5.91 Å². The molecule has 0 aliphatic rings. The van der Waals surface area contributed by atoms with Crippen LogP contribution in [0.4, 0.5) is 0 Å². The number of amides is 1. The molecule has 0 aromatic carbocycles. The lowest BCUT2D eigenvalue weighted by atomic mass is 10.2. The lowest BCUT2D eigenvalue weighted by Crippen LogP contribution is -2.31. The lowest BCUT2D eigenvalue weighted by Gasteiger charge is -2.10. The Hall–Kier alpha value is -0.220. The summed E-state index contributed by atoms with van der Waals surface area (Å²) in [6, 6.07) is 0.212. The quantitative estimate of drug-likeness (QED) is 0.580. The normalized spacial score (nSPS) is 12.8. The van der Waals surface area contributed by atoms with Gasteiger partial charge in [-0.15, -0.1) is 0 Å². The van der Waals surface area contributed by atoms with E-state index in [1.165, 1.54) is 11.5 Å². The van der Waals surface area contributed by atoms with Crippen LogP contribution in [0.25, 0.3) is 0 Å². The number of nitrogens with two attached hydrogens (primary N) is 1. The zero-order chi connectivity index (χ0) is 10.1. The third-order valence-corrected chi connectivity index (χ3v) is 2.66. The number of carbonyl (C=O) groups excluding carboxylic acids is 1. The number of carbonyl (C=O) groups is 1. The molecule has 0 fully saturated rings. The van der Waals surface area contributed by atoms with Crippen LogP contribution in [0.15, 0.2) is 0 Å². The van der Waals surface area contributed by atoms with Crippen LogP contribution in [0.1, 0.15) is 26.7 Å². The molecule has 0 heterocycles. The Morgan fingerprint density at radius 1 is 1.62 bits per heavy atom. The van der Waals surface area contributed by atoms with E-state index >= 15 is 0 Å². The molecule has 4 heteroatoms. The highest BCUT2D eigenvalue weighted by Crippen LogP contribution is 2.00. The second kappa shape index (κ2) is 8.38. The third-order valence-electron chi connectivity index (χ3n) is 1.67. The highest BCUT2D eigenvalue weighted by atomic mass is 32.2. The predicted octanol–water partition coefficient (Wildman–Crippen LogP) is 0.983. The van der Waals surface area contributed by atoms with Gasteiger partial charge in [-0.05, 0) is 31.4 Å². The van der Waals surface area contributed by atoms with Crippen LogP contribution in [-0.2, 0) is 4.79 Å². The van der Waals surface area contributed by atoms with Crippen LogP contribution in [-0.4, -0.2) is 30.0 Å². The topological polar surface area (TPSA) is 55.1 Å². The zero-order valence-electron chi connectivity index (χ0n) is 8.51. The molecule has 0 aliphatic carbocycles. The Bertz CT molecular complexity index is 142. The molecule has 78 valence electrons. The van der Waals surface area contributed by atoms with Crippen molar-refractivity contribution in [3.63, 3.8) is 0 Å².